The number of nitrogens with zero attached hydrogens (tertiary/aromatic N) is 1. The average molecular weight is 374 g/mol. The van der Waals surface area contributed by atoms with Crippen LogP contribution in [0.4, 0.5) is 18.9 Å². The highest BCUT2D eigenvalue weighted by Crippen LogP contribution is 2.39. The van der Waals surface area contributed by atoms with Crippen molar-refractivity contribution in [2.24, 2.45) is 4.99 Å². The minimum Gasteiger partial charge on any atom is -0.508 e. The Labute approximate surface area is 154 Å². The first-order valence-corrected chi connectivity index (χ1v) is 7.82. The molecule has 0 fully saturated rings. The Bertz CT molecular complexity index is 888. The van der Waals surface area contributed by atoms with E-state index in [0.717, 1.165) is 6.07 Å². The molecule has 4 nitrogen and oxygen atoms in total. The maximum Gasteiger partial charge on any atom is 0.417 e. The lowest BCUT2D eigenvalue weighted by Crippen LogP contribution is -2.08. The zero-order valence-corrected chi connectivity index (χ0v) is 14.4. The second-order valence-electron chi connectivity index (χ2n) is 5.65. The molecule has 2 N–H and O–H groups in total. The van der Waals surface area contributed by atoms with E-state index in [1.807, 2.05) is 0 Å². The number of carbonyl (C=O) groups is 1. The molecule has 0 atom stereocenters. The molecule has 0 saturated heterocycles. The van der Waals surface area contributed by atoms with Crippen LogP contribution in [0.5, 0.6) is 5.75 Å². The molecule has 27 heavy (non-hydrogen) atoms. The normalized spacial score (nSPS) is 12.6. The van der Waals surface area contributed by atoms with Gasteiger partial charge < -0.3 is 10.4 Å². The maximum absolute atomic E-state index is 13.5. The van der Waals surface area contributed by atoms with Gasteiger partial charge in [0, 0.05) is 11.4 Å². The summed E-state index contributed by atoms with van der Waals surface area (Å²) < 4.78 is 40.6. The molecule has 0 heterocycles. The highest BCUT2D eigenvalue weighted by atomic mass is 19.4. The molecular formula is C20H17F3N2O2. The van der Waals surface area contributed by atoms with Crippen molar-refractivity contribution in [3.63, 3.8) is 0 Å². The van der Waals surface area contributed by atoms with Crippen molar-refractivity contribution in [1.82, 2.24) is 0 Å². The van der Waals surface area contributed by atoms with Gasteiger partial charge in [-0.15, -0.1) is 0 Å². The second-order valence-corrected chi connectivity index (χ2v) is 5.65. The third-order valence-corrected chi connectivity index (χ3v) is 3.65. The van der Waals surface area contributed by atoms with Crippen molar-refractivity contribution in [3.05, 3.63) is 71.6 Å². The number of benzene rings is 2. The average Bonchev–Trinajstić information content (AvgIpc) is 2.62. The topological polar surface area (TPSA) is 61.7 Å². The summed E-state index contributed by atoms with van der Waals surface area (Å²) in [6, 6.07) is 9.40. The number of rotatable bonds is 6. The van der Waals surface area contributed by atoms with Gasteiger partial charge in [0.25, 0.3) is 0 Å². The summed E-state index contributed by atoms with van der Waals surface area (Å²) in [5.74, 6) is -0.0249. The summed E-state index contributed by atoms with van der Waals surface area (Å²) in [5, 5.41) is 12.2. The largest absolute Gasteiger partial charge is 0.508 e. The lowest BCUT2D eigenvalue weighted by molar-refractivity contribution is -0.137. The van der Waals surface area contributed by atoms with Crippen molar-refractivity contribution in [3.8, 4) is 16.9 Å². The first-order chi connectivity index (χ1) is 12.7. The first kappa shape index (κ1) is 20.0. The number of alkyl halides is 3. The van der Waals surface area contributed by atoms with Crippen molar-refractivity contribution in [1.29, 1.82) is 0 Å². The van der Waals surface area contributed by atoms with Crippen LogP contribution in [0, 0.1) is 0 Å². The van der Waals surface area contributed by atoms with E-state index >= 15 is 0 Å². The maximum atomic E-state index is 13.5. The predicted molar refractivity (Wildman–Crippen MR) is 99.6 cm³/mol. The fourth-order valence-electron chi connectivity index (χ4n) is 2.36. The Morgan fingerprint density at radius 1 is 1.15 bits per heavy atom. The van der Waals surface area contributed by atoms with Gasteiger partial charge in [-0.3, -0.25) is 9.79 Å². The lowest BCUT2D eigenvalue weighted by atomic mass is 9.98. The number of aromatic hydroxyl groups is 1. The summed E-state index contributed by atoms with van der Waals surface area (Å²) in [6.45, 7) is 4.88. The van der Waals surface area contributed by atoms with Gasteiger partial charge in [0.2, 0.25) is 0 Å². The Kier molecular flexibility index (Phi) is 6.18. The fraction of sp³-hybridized carbons (Fsp3) is 0.100. The third-order valence-electron chi connectivity index (χ3n) is 3.65. The molecule has 2 aromatic rings. The molecule has 0 aliphatic rings. The zero-order chi connectivity index (χ0) is 20.0. The molecule has 0 amide bonds. The van der Waals surface area contributed by atoms with Gasteiger partial charge in [0.15, 0.2) is 6.29 Å². The lowest BCUT2D eigenvalue weighted by Gasteiger charge is -2.16. The molecule has 0 spiro atoms. The van der Waals surface area contributed by atoms with Crippen molar-refractivity contribution in [2.45, 2.75) is 13.1 Å². The molecule has 0 bridgehead atoms. The summed E-state index contributed by atoms with van der Waals surface area (Å²) in [6.07, 6.45) is -1.12. The summed E-state index contributed by atoms with van der Waals surface area (Å²) in [4.78, 5) is 14.2. The summed E-state index contributed by atoms with van der Waals surface area (Å²) in [7, 11) is 0. The van der Waals surface area contributed by atoms with Crippen molar-refractivity contribution in [2.75, 3.05) is 5.32 Å². The number of anilines is 1. The smallest absolute Gasteiger partial charge is 0.417 e. The molecule has 0 aliphatic heterocycles. The molecule has 0 saturated carbocycles. The van der Waals surface area contributed by atoms with Crippen LogP contribution in [0.1, 0.15) is 12.5 Å². The number of phenols is 1. The van der Waals surface area contributed by atoms with Gasteiger partial charge in [-0.2, -0.15) is 13.2 Å². The van der Waals surface area contributed by atoms with Gasteiger partial charge in [-0.25, -0.2) is 0 Å². The Morgan fingerprint density at radius 2 is 1.81 bits per heavy atom. The van der Waals surface area contributed by atoms with E-state index < -0.39 is 11.7 Å². The minimum absolute atomic E-state index is 0.00803. The number of halogens is 3. The Morgan fingerprint density at radius 3 is 2.37 bits per heavy atom. The van der Waals surface area contributed by atoms with Crippen LogP contribution < -0.4 is 5.32 Å². The SMILES string of the molecule is C=N/C(C=O)=C\C=C(/C)Nc1ccc(-c2ccc(O)cc2)c(C(F)(F)F)c1. The van der Waals surface area contributed by atoms with Gasteiger partial charge in [0.1, 0.15) is 11.4 Å². The van der Waals surface area contributed by atoms with Crippen LogP contribution in [0.3, 0.4) is 0 Å². The highest BCUT2D eigenvalue weighted by molar-refractivity contribution is 5.75. The van der Waals surface area contributed by atoms with Crippen LogP contribution in [0.15, 0.2) is 71.0 Å². The second kappa shape index (κ2) is 8.35. The summed E-state index contributed by atoms with van der Waals surface area (Å²) >= 11 is 0. The van der Waals surface area contributed by atoms with E-state index in [0.29, 0.717) is 17.5 Å². The number of allylic oxidation sites excluding steroid dienone is 4. The molecule has 2 rings (SSSR count). The van der Waals surface area contributed by atoms with E-state index in [1.54, 1.807) is 6.92 Å². The van der Waals surface area contributed by atoms with E-state index in [1.165, 1.54) is 48.6 Å². The molecule has 7 heteroatoms. The molecular weight excluding hydrogens is 357 g/mol. The van der Waals surface area contributed by atoms with Crippen LogP contribution in [-0.2, 0) is 11.0 Å². The Hall–Kier alpha value is -3.35. The van der Waals surface area contributed by atoms with Crippen molar-refractivity contribution >= 4 is 18.7 Å². The van der Waals surface area contributed by atoms with Crippen molar-refractivity contribution < 1.29 is 23.1 Å². The quantitative estimate of drug-likeness (QED) is 0.317. The molecule has 140 valence electrons. The number of nitrogens with one attached hydrogen (secondary N) is 1. The monoisotopic (exact) mass is 374 g/mol. The molecule has 0 unspecified atom stereocenters. The van der Waals surface area contributed by atoms with E-state index in [2.05, 4.69) is 17.0 Å². The molecule has 2 aromatic carbocycles. The molecule has 0 aromatic heterocycles. The number of aldehydes is 1. The van der Waals surface area contributed by atoms with Crippen LogP contribution >= 0.6 is 0 Å². The number of aliphatic imine (C=N–C) groups is 1. The van der Waals surface area contributed by atoms with E-state index in [-0.39, 0.29) is 22.7 Å². The third kappa shape index (κ3) is 5.31. The molecule has 0 radical (unpaired) electrons. The highest BCUT2D eigenvalue weighted by Gasteiger charge is 2.34. The number of carbonyl (C=O) groups excluding carboxylic acids is 1. The number of hydrogen-bond acceptors (Lipinski definition) is 4. The van der Waals surface area contributed by atoms with E-state index in [4.69, 9.17) is 0 Å². The Balaban J connectivity index is 2.39. The van der Waals surface area contributed by atoms with Gasteiger partial charge >= 0.3 is 6.18 Å². The summed E-state index contributed by atoms with van der Waals surface area (Å²) in [5.41, 5.74) is 0.413. The van der Waals surface area contributed by atoms with Gasteiger partial charge in [-0.05, 0) is 61.2 Å². The number of hydrogen-bond donors (Lipinski definition) is 2. The van der Waals surface area contributed by atoms with Gasteiger partial charge in [-0.1, -0.05) is 18.2 Å². The predicted octanol–water partition coefficient (Wildman–Crippen LogP) is 5.18. The number of phenolic OH excluding ortho intramolecular Hbond substituents is 1. The van der Waals surface area contributed by atoms with Crippen LogP contribution in [-0.4, -0.2) is 18.1 Å². The standard InChI is InChI=1S/C20H17F3N2O2/c1-13(3-6-16(12-26)24-2)25-15-7-10-18(19(11-15)20(21,22)23)14-4-8-17(27)9-5-14/h3-12,25,27H,2H2,1H3/b13-3+,16-6-. The van der Waals surface area contributed by atoms with Crippen LogP contribution in [0.25, 0.3) is 11.1 Å². The molecule has 0 aliphatic carbocycles. The van der Waals surface area contributed by atoms with Crippen LogP contribution in [0.2, 0.25) is 0 Å². The zero-order valence-electron chi connectivity index (χ0n) is 14.4. The van der Waals surface area contributed by atoms with E-state index in [9.17, 15) is 23.1 Å². The minimum atomic E-state index is -4.56. The fourth-order valence-corrected chi connectivity index (χ4v) is 2.36. The first-order valence-electron chi connectivity index (χ1n) is 7.82. The van der Waals surface area contributed by atoms with Gasteiger partial charge in [0.05, 0.1) is 5.56 Å².